The first-order valence-electron chi connectivity index (χ1n) is 5.82. The van der Waals surface area contributed by atoms with E-state index in [0.717, 1.165) is 36.7 Å². The zero-order chi connectivity index (χ0) is 11.8. The lowest BCUT2D eigenvalue weighted by atomic mass is 9.82. The zero-order valence-corrected chi connectivity index (χ0v) is 9.67. The van der Waals surface area contributed by atoms with Gasteiger partial charge in [-0.2, -0.15) is 0 Å². The predicted octanol–water partition coefficient (Wildman–Crippen LogP) is 0.616. The van der Waals surface area contributed by atoms with E-state index >= 15 is 0 Å². The third kappa shape index (κ3) is 1.84. The van der Waals surface area contributed by atoms with E-state index in [9.17, 15) is 5.11 Å². The fraction of sp³-hybridized carbons (Fsp3) is 0.545. The van der Waals surface area contributed by atoms with Crippen LogP contribution in [-0.2, 0) is 0 Å². The summed E-state index contributed by atoms with van der Waals surface area (Å²) >= 11 is 0. The highest BCUT2D eigenvalue weighted by molar-refractivity contribution is 5.61. The number of fused-ring (bicyclic) bond motifs is 1. The lowest BCUT2D eigenvalue weighted by Crippen LogP contribution is -2.33. The first kappa shape index (κ1) is 10.5. The first-order chi connectivity index (χ1) is 8.24. The van der Waals surface area contributed by atoms with E-state index in [-0.39, 0.29) is 6.10 Å². The number of hydrogen-bond donors (Lipinski definition) is 2. The van der Waals surface area contributed by atoms with Gasteiger partial charge in [-0.3, -0.25) is 4.40 Å². The average molecular weight is 233 g/mol. The molecule has 2 heterocycles. The van der Waals surface area contributed by atoms with Crippen molar-refractivity contribution in [1.29, 1.82) is 0 Å². The minimum Gasteiger partial charge on any atom is -0.393 e. The summed E-state index contributed by atoms with van der Waals surface area (Å²) in [6.45, 7) is 2.74. The van der Waals surface area contributed by atoms with Crippen LogP contribution in [0.15, 0.2) is 12.4 Å². The van der Waals surface area contributed by atoms with Crippen molar-refractivity contribution in [2.75, 3.05) is 11.9 Å². The van der Waals surface area contributed by atoms with Gasteiger partial charge in [0.25, 0.3) is 0 Å². The van der Waals surface area contributed by atoms with Gasteiger partial charge in [0.2, 0.25) is 5.65 Å². The SMILES string of the molecule is Cc1nnc2c(NCC3CC(O)C3)nccn12. The summed E-state index contributed by atoms with van der Waals surface area (Å²) in [5, 5.41) is 20.6. The Morgan fingerprint density at radius 2 is 2.29 bits per heavy atom. The molecule has 6 nitrogen and oxygen atoms in total. The molecule has 2 N–H and O–H groups in total. The van der Waals surface area contributed by atoms with E-state index in [4.69, 9.17) is 0 Å². The van der Waals surface area contributed by atoms with E-state index in [2.05, 4.69) is 20.5 Å². The second-order valence-corrected chi connectivity index (χ2v) is 4.59. The Hall–Kier alpha value is -1.69. The van der Waals surface area contributed by atoms with Crippen LogP contribution in [0.5, 0.6) is 0 Å². The van der Waals surface area contributed by atoms with Crippen molar-refractivity contribution in [3.63, 3.8) is 0 Å². The highest BCUT2D eigenvalue weighted by atomic mass is 16.3. The van der Waals surface area contributed by atoms with Crippen LogP contribution in [0.25, 0.3) is 5.65 Å². The minimum atomic E-state index is -0.110. The molecule has 0 aromatic carbocycles. The summed E-state index contributed by atoms with van der Waals surface area (Å²) in [5.74, 6) is 2.15. The predicted molar refractivity (Wildman–Crippen MR) is 62.7 cm³/mol. The van der Waals surface area contributed by atoms with Gasteiger partial charge < -0.3 is 10.4 Å². The van der Waals surface area contributed by atoms with Crippen molar-refractivity contribution in [2.45, 2.75) is 25.9 Å². The molecule has 0 atom stereocenters. The summed E-state index contributed by atoms with van der Waals surface area (Å²) in [5.41, 5.74) is 0.755. The van der Waals surface area contributed by atoms with Crippen molar-refractivity contribution in [2.24, 2.45) is 5.92 Å². The maximum atomic E-state index is 9.22. The average Bonchev–Trinajstić information content (AvgIpc) is 2.66. The molecular formula is C11H15N5O. The number of aliphatic hydroxyl groups excluding tert-OH is 1. The van der Waals surface area contributed by atoms with Gasteiger partial charge in [-0.1, -0.05) is 0 Å². The van der Waals surface area contributed by atoms with Crippen LogP contribution in [0.3, 0.4) is 0 Å². The van der Waals surface area contributed by atoms with Gasteiger partial charge >= 0.3 is 0 Å². The fourth-order valence-electron chi connectivity index (χ4n) is 2.17. The third-order valence-corrected chi connectivity index (χ3v) is 3.27. The maximum absolute atomic E-state index is 9.22. The topological polar surface area (TPSA) is 75.3 Å². The van der Waals surface area contributed by atoms with Crippen LogP contribution in [0.2, 0.25) is 0 Å². The van der Waals surface area contributed by atoms with E-state index < -0.39 is 0 Å². The van der Waals surface area contributed by atoms with Crippen molar-refractivity contribution in [3.05, 3.63) is 18.2 Å². The molecule has 0 bridgehead atoms. The Morgan fingerprint density at radius 3 is 3.06 bits per heavy atom. The molecule has 0 amide bonds. The van der Waals surface area contributed by atoms with Gasteiger partial charge in [0.15, 0.2) is 5.82 Å². The van der Waals surface area contributed by atoms with E-state index in [1.165, 1.54) is 0 Å². The van der Waals surface area contributed by atoms with E-state index in [0.29, 0.717) is 5.92 Å². The van der Waals surface area contributed by atoms with Gasteiger partial charge in [-0.15, -0.1) is 10.2 Å². The highest BCUT2D eigenvalue weighted by Gasteiger charge is 2.26. The smallest absolute Gasteiger partial charge is 0.203 e. The summed E-state index contributed by atoms with van der Waals surface area (Å²) < 4.78 is 1.91. The summed E-state index contributed by atoms with van der Waals surface area (Å²) in [6.07, 6.45) is 5.23. The molecule has 0 unspecified atom stereocenters. The molecule has 17 heavy (non-hydrogen) atoms. The molecule has 0 spiro atoms. The lowest BCUT2D eigenvalue weighted by Gasteiger charge is -2.31. The highest BCUT2D eigenvalue weighted by Crippen LogP contribution is 2.27. The third-order valence-electron chi connectivity index (χ3n) is 3.27. The monoisotopic (exact) mass is 233 g/mol. The van der Waals surface area contributed by atoms with Crippen LogP contribution in [0, 0.1) is 12.8 Å². The maximum Gasteiger partial charge on any atom is 0.203 e. The normalized spacial score (nSPS) is 23.6. The summed E-state index contributed by atoms with van der Waals surface area (Å²) in [7, 11) is 0. The molecule has 2 aromatic heterocycles. The second kappa shape index (κ2) is 3.96. The number of hydrogen-bond acceptors (Lipinski definition) is 5. The summed E-state index contributed by atoms with van der Waals surface area (Å²) in [4.78, 5) is 4.27. The van der Waals surface area contributed by atoms with Gasteiger partial charge in [0, 0.05) is 18.9 Å². The molecule has 0 saturated heterocycles. The number of nitrogens with zero attached hydrogens (tertiary/aromatic N) is 4. The Kier molecular flexibility index (Phi) is 2.44. The Balaban J connectivity index is 1.76. The van der Waals surface area contributed by atoms with Crippen molar-refractivity contribution >= 4 is 11.5 Å². The number of aromatic nitrogens is 4. The summed E-state index contributed by atoms with van der Waals surface area (Å²) in [6, 6.07) is 0. The molecule has 1 fully saturated rings. The minimum absolute atomic E-state index is 0.110. The molecule has 0 aliphatic heterocycles. The molecule has 1 aliphatic carbocycles. The quantitative estimate of drug-likeness (QED) is 0.812. The Bertz CT molecular complexity index is 532. The number of rotatable bonds is 3. The molecule has 90 valence electrons. The van der Waals surface area contributed by atoms with E-state index in [1.807, 2.05) is 17.5 Å². The molecule has 2 aromatic rings. The van der Waals surface area contributed by atoms with Crippen LogP contribution < -0.4 is 5.32 Å². The van der Waals surface area contributed by atoms with Crippen molar-refractivity contribution < 1.29 is 5.11 Å². The van der Waals surface area contributed by atoms with Crippen LogP contribution >= 0.6 is 0 Å². The largest absolute Gasteiger partial charge is 0.393 e. The Labute approximate surface area is 98.7 Å². The molecule has 1 saturated carbocycles. The number of anilines is 1. The molecule has 1 aliphatic rings. The van der Waals surface area contributed by atoms with Crippen molar-refractivity contribution in [1.82, 2.24) is 19.6 Å². The standard InChI is InChI=1S/C11H15N5O/c1-7-14-15-11-10(12-2-3-16(7)11)13-6-8-4-9(17)5-8/h2-3,8-9,17H,4-6H2,1H3,(H,12,13). The van der Waals surface area contributed by atoms with Crippen molar-refractivity contribution in [3.8, 4) is 0 Å². The molecule has 0 radical (unpaired) electrons. The number of aryl methyl sites for hydroxylation is 1. The Morgan fingerprint density at radius 1 is 1.47 bits per heavy atom. The molecule has 6 heteroatoms. The number of nitrogens with one attached hydrogen (secondary N) is 1. The van der Waals surface area contributed by atoms with Gasteiger partial charge in [0.1, 0.15) is 5.82 Å². The van der Waals surface area contributed by atoms with Crippen LogP contribution in [0.4, 0.5) is 5.82 Å². The molecule has 3 rings (SSSR count). The molecular weight excluding hydrogens is 218 g/mol. The fourth-order valence-corrected chi connectivity index (χ4v) is 2.17. The zero-order valence-electron chi connectivity index (χ0n) is 9.67. The lowest BCUT2D eigenvalue weighted by molar-refractivity contribution is 0.0486. The van der Waals surface area contributed by atoms with Crippen LogP contribution in [0.1, 0.15) is 18.7 Å². The second-order valence-electron chi connectivity index (χ2n) is 4.59. The van der Waals surface area contributed by atoms with Gasteiger partial charge in [-0.05, 0) is 25.7 Å². The van der Waals surface area contributed by atoms with E-state index in [1.54, 1.807) is 6.20 Å². The first-order valence-corrected chi connectivity index (χ1v) is 5.82. The van der Waals surface area contributed by atoms with Gasteiger partial charge in [0.05, 0.1) is 6.10 Å². The van der Waals surface area contributed by atoms with Gasteiger partial charge in [-0.25, -0.2) is 4.98 Å². The number of aliphatic hydroxyl groups is 1. The van der Waals surface area contributed by atoms with Crippen LogP contribution in [-0.4, -0.2) is 37.3 Å².